The van der Waals surface area contributed by atoms with Crippen LogP contribution in [0.1, 0.15) is 6.42 Å². The van der Waals surface area contributed by atoms with Gasteiger partial charge in [-0.05, 0) is 24.6 Å². The number of hydrogen-bond donors (Lipinski definition) is 3. The molecule has 1 amide bonds. The fraction of sp³-hybridized carbons (Fsp3) is 0.250. The lowest BCUT2D eigenvalue weighted by atomic mass is 10.2. The first-order valence-electron chi connectivity index (χ1n) is 5.46. The van der Waals surface area contributed by atoms with Crippen LogP contribution in [0.4, 0.5) is 5.69 Å². The molecule has 0 fully saturated rings. The topological polar surface area (TPSA) is 109 Å². The van der Waals surface area contributed by atoms with E-state index < -0.39 is 21.8 Å². The molecule has 0 aliphatic heterocycles. The molecule has 1 aromatic rings. The van der Waals surface area contributed by atoms with Crippen molar-refractivity contribution in [1.29, 1.82) is 0 Å². The molecule has 104 valence electrons. The summed E-state index contributed by atoms with van der Waals surface area (Å²) in [6.45, 7) is 3.47. The minimum atomic E-state index is -3.42. The Balaban J connectivity index is 3.01. The van der Waals surface area contributed by atoms with Crippen molar-refractivity contribution in [2.24, 2.45) is 5.73 Å². The molecule has 1 unspecified atom stereocenters. The number of aromatic hydroxyl groups is 1. The number of rotatable bonds is 5. The monoisotopic (exact) mass is 284 g/mol. The zero-order valence-electron chi connectivity index (χ0n) is 10.5. The SMILES string of the molecule is C=CCC(N)C(=O)Nc1cc(S(C)(=O)=O)ccc1O. The summed E-state index contributed by atoms with van der Waals surface area (Å²) >= 11 is 0. The molecule has 0 aliphatic rings. The number of nitrogens with two attached hydrogens (primary N) is 1. The first-order valence-corrected chi connectivity index (χ1v) is 7.35. The fourth-order valence-corrected chi connectivity index (χ4v) is 2.01. The molecule has 0 saturated heterocycles. The van der Waals surface area contributed by atoms with Crippen molar-refractivity contribution >= 4 is 21.4 Å². The second-order valence-electron chi connectivity index (χ2n) is 4.07. The van der Waals surface area contributed by atoms with Crippen molar-refractivity contribution in [3.05, 3.63) is 30.9 Å². The molecule has 19 heavy (non-hydrogen) atoms. The van der Waals surface area contributed by atoms with Crippen molar-refractivity contribution in [2.45, 2.75) is 17.4 Å². The highest BCUT2D eigenvalue weighted by Gasteiger charge is 2.16. The zero-order valence-corrected chi connectivity index (χ0v) is 11.3. The minimum Gasteiger partial charge on any atom is -0.506 e. The molecule has 0 saturated carbocycles. The highest BCUT2D eigenvalue weighted by atomic mass is 32.2. The van der Waals surface area contributed by atoms with Crippen LogP contribution in [-0.4, -0.2) is 31.7 Å². The molecule has 1 atom stereocenters. The molecule has 6 nitrogen and oxygen atoms in total. The first kappa shape index (κ1) is 15.2. The number of carbonyl (C=O) groups excluding carboxylic acids is 1. The van der Waals surface area contributed by atoms with Crippen LogP contribution in [0.2, 0.25) is 0 Å². The summed E-state index contributed by atoms with van der Waals surface area (Å²) in [6.07, 6.45) is 2.81. The van der Waals surface area contributed by atoms with Crippen LogP contribution in [0, 0.1) is 0 Å². The van der Waals surface area contributed by atoms with Gasteiger partial charge in [0.25, 0.3) is 0 Å². The zero-order chi connectivity index (χ0) is 14.6. The van der Waals surface area contributed by atoms with Gasteiger partial charge in [-0.1, -0.05) is 6.08 Å². The summed E-state index contributed by atoms with van der Waals surface area (Å²) < 4.78 is 22.8. The Morgan fingerprint density at radius 1 is 1.58 bits per heavy atom. The van der Waals surface area contributed by atoms with E-state index in [2.05, 4.69) is 11.9 Å². The summed E-state index contributed by atoms with van der Waals surface area (Å²) in [5.41, 5.74) is 5.57. The molecule has 0 aliphatic carbocycles. The third-order valence-electron chi connectivity index (χ3n) is 2.41. The van der Waals surface area contributed by atoms with E-state index in [1.165, 1.54) is 24.3 Å². The maximum Gasteiger partial charge on any atom is 0.241 e. The fourth-order valence-electron chi connectivity index (χ4n) is 1.36. The van der Waals surface area contributed by atoms with E-state index in [-0.39, 0.29) is 22.8 Å². The number of amides is 1. The molecule has 1 rings (SSSR count). The van der Waals surface area contributed by atoms with Gasteiger partial charge >= 0.3 is 0 Å². The molecule has 0 radical (unpaired) electrons. The van der Waals surface area contributed by atoms with Gasteiger partial charge in [0.2, 0.25) is 5.91 Å². The van der Waals surface area contributed by atoms with E-state index in [0.29, 0.717) is 0 Å². The second kappa shape index (κ2) is 5.85. The number of benzene rings is 1. The molecule has 4 N–H and O–H groups in total. The molecule has 0 heterocycles. The highest BCUT2D eigenvalue weighted by molar-refractivity contribution is 7.90. The molecule has 0 aromatic heterocycles. The van der Waals surface area contributed by atoms with E-state index >= 15 is 0 Å². The van der Waals surface area contributed by atoms with Crippen LogP contribution in [0.15, 0.2) is 35.7 Å². The molecule has 0 bridgehead atoms. The summed E-state index contributed by atoms with van der Waals surface area (Å²) in [6, 6.07) is 2.83. The van der Waals surface area contributed by atoms with Gasteiger partial charge in [0.05, 0.1) is 16.6 Å². The van der Waals surface area contributed by atoms with Crippen molar-refractivity contribution in [3.8, 4) is 5.75 Å². The second-order valence-corrected chi connectivity index (χ2v) is 6.09. The summed E-state index contributed by atoms with van der Waals surface area (Å²) in [7, 11) is -3.42. The smallest absolute Gasteiger partial charge is 0.241 e. The Hall–Kier alpha value is -1.86. The Kier molecular flexibility index (Phi) is 4.68. The average Bonchev–Trinajstić information content (AvgIpc) is 2.30. The minimum absolute atomic E-state index is 0.00195. The maximum absolute atomic E-state index is 11.7. The Morgan fingerprint density at radius 2 is 2.21 bits per heavy atom. The third kappa shape index (κ3) is 4.08. The third-order valence-corrected chi connectivity index (χ3v) is 3.52. The number of hydrogen-bond acceptors (Lipinski definition) is 5. The molecule has 7 heteroatoms. The number of anilines is 1. The predicted octanol–water partition coefficient (Wildman–Crippen LogP) is 0.638. The van der Waals surface area contributed by atoms with E-state index in [1.54, 1.807) is 0 Å². The Bertz CT molecular complexity index is 596. The lowest BCUT2D eigenvalue weighted by Gasteiger charge is -2.12. The van der Waals surface area contributed by atoms with E-state index in [4.69, 9.17) is 5.73 Å². The Morgan fingerprint density at radius 3 is 2.74 bits per heavy atom. The summed E-state index contributed by atoms with van der Waals surface area (Å²) in [5, 5.41) is 12.0. The van der Waals surface area contributed by atoms with Gasteiger partial charge in [-0.2, -0.15) is 0 Å². The van der Waals surface area contributed by atoms with Crippen LogP contribution in [-0.2, 0) is 14.6 Å². The normalized spacial score (nSPS) is 12.7. The van der Waals surface area contributed by atoms with Crippen LogP contribution in [0.5, 0.6) is 5.75 Å². The van der Waals surface area contributed by atoms with Crippen molar-refractivity contribution < 1.29 is 18.3 Å². The molecule has 1 aromatic carbocycles. The van der Waals surface area contributed by atoms with Gasteiger partial charge in [-0.3, -0.25) is 4.79 Å². The maximum atomic E-state index is 11.7. The Labute approximate surface area is 111 Å². The predicted molar refractivity (Wildman–Crippen MR) is 72.6 cm³/mol. The van der Waals surface area contributed by atoms with Gasteiger partial charge in [0.15, 0.2) is 9.84 Å². The lowest BCUT2D eigenvalue weighted by molar-refractivity contribution is -0.117. The summed E-state index contributed by atoms with van der Waals surface area (Å²) in [4.78, 5) is 11.7. The number of nitrogens with one attached hydrogen (secondary N) is 1. The quantitative estimate of drug-likeness (QED) is 0.543. The number of phenolic OH excluding ortho intramolecular Hbond substituents is 1. The van der Waals surface area contributed by atoms with E-state index in [1.807, 2.05) is 0 Å². The van der Waals surface area contributed by atoms with Gasteiger partial charge in [0, 0.05) is 6.26 Å². The molecular weight excluding hydrogens is 268 g/mol. The largest absolute Gasteiger partial charge is 0.506 e. The van der Waals surface area contributed by atoms with Gasteiger partial charge in [0.1, 0.15) is 5.75 Å². The molecular formula is C12H16N2O4S. The number of sulfone groups is 1. The van der Waals surface area contributed by atoms with Crippen LogP contribution < -0.4 is 11.1 Å². The van der Waals surface area contributed by atoms with Crippen molar-refractivity contribution in [1.82, 2.24) is 0 Å². The van der Waals surface area contributed by atoms with Crippen LogP contribution in [0.3, 0.4) is 0 Å². The van der Waals surface area contributed by atoms with E-state index in [0.717, 1.165) is 6.26 Å². The standard InChI is InChI=1S/C12H16N2O4S/c1-3-4-9(13)12(16)14-10-7-8(19(2,17)18)5-6-11(10)15/h3,5-7,9,15H,1,4,13H2,2H3,(H,14,16). The van der Waals surface area contributed by atoms with Gasteiger partial charge < -0.3 is 16.2 Å². The van der Waals surface area contributed by atoms with Crippen LogP contribution in [0.25, 0.3) is 0 Å². The first-order chi connectivity index (χ1) is 8.75. The van der Waals surface area contributed by atoms with Crippen molar-refractivity contribution in [3.63, 3.8) is 0 Å². The molecule has 0 spiro atoms. The average molecular weight is 284 g/mol. The van der Waals surface area contributed by atoms with Crippen molar-refractivity contribution in [2.75, 3.05) is 11.6 Å². The highest BCUT2D eigenvalue weighted by Crippen LogP contribution is 2.26. The number of phenols is 1. The van der Waals surface area contributed by atoms with Crippen LogP contribution >= 0.6 is 0 Å². The van der Waals surface area contributed by atoms with Gasteiger partial charge in [-0.15, -0.1) is 6.58 Å². The number of carbonyl (C=O) groups is 1. The van der Waals surface area contributed by atoms with Gasteiger partial charge in [-0.25, -0.2) is 8.42 Å². The summed E-state index contributed by atoms with van der Waals surface area (Å²) in [5.74, 6) is -0.757. The lowest BCUT2D eigenvalue weighted by Crippen LogP contribution is -2.35. The van der Waals surface area contributed by atoms with E-state index in [9.17, 15) is 18.3 Å².